The molecular weight excluding hydrogens is 278 g/mol. The standard InChI is InChI=1S/C11H12ClNO4S/c1-6(2)10(11(14)15)18-9-5-7(12)3-4-8(9)13(16)17/h3-6,10H,1-2H3,(H,14,15). The van der Waals surface area contributed by atoms with Crippen LogP contribution in [0.2, 0.25) is 5.02 Å². The number of aliphatic carboxylic acids is 1. The number of rotatable bonds is 5. The van der Waals surface area contributed by atoms with E-state index in [0.29, 0.717) is 5.02 Å². The van der Waals surface area contributed by atoms with Gasteiger partial charge >= 0.3 is 5.97 Å². The molecule has 98 valence electrons. The van der Waals surface area contributed by atoms with Crippen molar-refractivity contribution in [1.29, 1.82) is 0 Å². The van der Waals surface area contributed by atoms with Crippen molar-refractivity contribution in [2.75, 3.05) is 0 Å². The third kappa shape index (κ3) is 3.61. The van der Waals surface area contributed by atoms with Gasteiger partial charge in [0.25, 0.3) is 5.69 Å². The Morgan fingerprint density at radius 3 is 2.56 bits per heavy atom. The summed E-state index contributed by atoms with van der Waals surface area (Å²) in [5.74, 6) is -1.14. The third-order valence-corrected chi connectivity index (χ3v) is 4.04. The van der Waals surface area contributed by atoms with Gasteiger partial charge < -0.3 is 5.11 Å². The van der Waals surface area contributed by atoms with E-state index >= 15 is 0 Å². The zero-order valence-corrected chi connectivity index (χ0v) is 11.4. The highest BCUT2D eigenvalue weighted by Crippen LogP contribution is 2.36. The number of nitro benzene ring substituents is 1. The predicted octanol–water partition coefficient (Wildman–Crippen LogP) is 3.45. The lowest BCUT2D eigenvalue weighted by Crippen LogP contribution is -2.22. The summed E-state index contributed by atoms with van der Waals surface area (Å²) < 4.78 is 0. The highest BCUT2D eigenvalue weighted by Gasteiger charge is 2.26. The lowest BCUT2D eigenvalue weighted by Gasteiger charge is -2.15. The van der Waals surface area contributed by atoms with Crippen LogP contribution in [0.4, 0.5) is 5.69 Å². The van der Waals surface area contributed by atoms with E-state index in [4.69, 9.17) is 16.7 Å². The first-order valence-corrected chi connectivity index (χ1v) is 6.42. The number of hydrogen-bond donors (Lipinski definition) is 1. The van der Waals surface area contributed by atoms with Crippen LogP contribution in [0.3, 0.4) is 0 Å². The number of carbonyl (C=O) groups is 1. The van der Waals surface area contributed by atoms with Crippen LogP contribution in [0.5, 0.6) is 0 Å². The molecular formula is C11H12ClNO4S. The maximum atomic E-state index is 11.1. The molecule has 1 atom stereocenters. The van der Waals surface area contributed by atoms with Gasteiger partial charge in [-0.2, -0.15) is 0 Å². The van der Waals surface area contributed by atoms with Gasteiger partial charge in [-0.05, 0) is 18.1 Å². The molecule has 5 nitrogen and oxygen atoms in total. The number of thioether (sulfide) groups is 1. The molecule has 0 bridgehead atoms. The lowest BCUT2D eigenvalue weighted by molar-refractivity contribution is -0.387. The maximum absolute atomic E-state index is 11.1. The van der Waals surface area contributed by atoms with Gasteiger partial charge in [0.05, 0.1) is 9.82 Å². The van der Waals surface area contributed by atoms with Crippen LogP contribution in [0.25, 0.3) is 0 Å². The summed E-state index contributed by atoms with van der Waals surface area (Å²) in [6.45, 7) is 3.50. The van der Waals surface area contributed by atoms with E-state index < -0.39 is 16.1 Å². The quantitative estimate of drug-likeness (QED) is 0.510. The molecule has 1 aromatic carbocycles. The maximum Gasteiger partial charge on any atom is 0.317 e. The first kappa shape index (κ1) is 14.8. The van der Waals surface area contributed by atoms with E-state index in [0.717, 1.165) is 11.8 Å². The Balaban J connectivity index is 3.12. The van der Waals surface area contributed by atoms with Crippen LogP contribution in [-0.4, -0.2) is 21.2 Å². The minimum Gasteiger partial charge on any atom is -0.480 e. The number of benzene rings is 1. The van der Waals surface area contributed by atoms with Crippen LogP contribution in [0, 0.1) is 16.0 Å². The van der Waals surface area contributed by atoms with Crippen molar-refractivity contribution in [2.45, 2.75) is 24.0 Å². The van der Waals surface area contributed by atoms with Crippen molar-refractivity contribution in [3.05, 3.63) is 33.3 Å². The van der Waals surface area contributed by atoms with E-state index in [1.54, 1.807) is 13.8 Å². The van der Waals surface area contributed by atoms with Crippen molar-refractivity contribution in [3.63, 3.8) is 0 Å². The first-order chi connectivity index (χ1) is 8.32. The van der Waals surface area contributed by atoms with Crippen molar-refractivity contribution < 1.29 is 14.8 Å². The van der Waals surface area contributed by atoms with Gasteiger partial charge in [-0.1, -0.05) is 25.4 Å². The van der Waals surface area contributed by atoms with E-state index in [1.807, 2.05) is 0 Å². The highest BCUT2D eigenvalue weighted by atomic mass is 35.5. The second-order valence-corrected chi connectivity index (χ2v) is 5.61. The molecule has 1 unspecified atom stereocenters. The number of halogens is 1. The second-order valence-electron chi connectivity index (χ2n) is 3.99. The Morgan fingerprint density at radius 1 is 1.50 bits per heavy atom. The number of hydrogen-bond acceptors (Lipinski definition) is 4. The molecule has 0 aliphatic carbocycles. The van der Waals surface area contributed by atoms with E-state index in [1.165, 1.54) is 18.2 Å². The molecule has 0 saturated heterocycles. The fourth-order valence-corrected chi connectivity index (χ4v) is 2.68. The fraction of sp³-hybridized carbons (Fsp3) is 0.364. The minimum absolute atomic E-state index is 0.128. The molecule has 0 heterocycles. The molecule has 7 heteroatoms. The van der Waals surface area contributed by atoms with Gasteiger partial charge in [0.1, 0.15) is 5.25 Å². The number of nitrogens with zero attached hydrogens (tertiary/aromatic N) is 1. The number of carboxylic acid groups (broad SMARTS) is 1. The Labute approximate surface area is 113 Å². The average molecular weight is 290 g/mol. The van der Waals surface area contributed by atoms with Crippen molar-refractivity contribution in [2.24, 2.45) is 5.92 Å². The van der Waals surface area contributed by atoms with E-state index in [9.17, 15) is 14.9 Å². The molecule has 0 amide bonds. The van der Waals surface area contributed by atoms with Crippen molar-refractivity contribution >= 4 is 35.0 Å². The highest BCUT2D eigenvalue weighted by molar-refractivity contribution is 8.00. The van der Waals surface area contributed by atoms with Crippen LogP contribution in [-0.2, 0) is 4.79 Å². The Hall–Kier alpha value is -1.27. The second kappa shape index (κ2) is 6.06. The van der Waals surface area contributed by atoms with Gasteiger partial charge in [-0.25, -0.2) is 0 Å². The first-order valence-electron chi connectivity index (χ1n) is 5.16. The Bertz CT molecular complexity index is 478. The summed E-state index contributed by atoms with van der Waals surface area (Å²) in [6.07, 6.45) is 0. The zero-order chi connectivity index (χ0) is 13.9. The molecule has 0 aliphatic rings. The van der Waals surface area contributed by atoms with E-state index in [-0.39, 0.29) is 16.5 Å². The smallest absolute Gasteiger partial charge is 0.317 e. The molecule has 18 heavy (non-hydrogen) atoms. The van der Waals surface area contributed by atoms with Crippen LogP contribution in [0.15, 0.2) is 23.1 Å². The molecule has 0 spiro atoms. The van der Waals surface area contributed by atoms with Crippen LogP contribution in [0.1, 0.15) is 13.8 Å². The molecule has 0 fully saturated rings. The molecule has 0 radical (unpaired) electrons. The molecule has 1 rings (SSSR count). The van der Waals surface area contributed by atoms with Gasteiger partial charge in [-0.15, -0.1) is 11.8 Å². The molecule has 0 saturated carbocycles. The summed E-state index contributed by atoms with van der Waals surface area (Å²) in [5.41, 5.74) is -0.128. The summed E-state index contributed by atoms with van der Waals surface area (Å²) >= 11 is 6.73. The summed E-state index contributed by atoms with van der Waals surface area (Å²) in [6, 6.07) is 4.11. The topological polar surface area (TPSA) is 80.4 Å². The monoisotopic (exact) mass is 289 g/mol. The largest absolute Gasteiger partial charge is 0.480 e. The molecule has 1 N–H and O–H groups in total. The molecule has 1 aromatic rings. The van der Waals surface area contributed by atoms with Crippen molar-refractivity contribution in [3.8, 4) is 0 Å². The Morgan fingerprint density at radius 2 is 2.11 bits per heavy atom. The molecule has 0 aliphatic heterocycles. The van der Waals surface area contributed by atoms with E-state index in [2.05, 4.69) is 0 Å². The van der Waals surface area contributed by atoms with Gasteiger partial charge in [0.2, 0.25) is 0 Å². The van der Waals surface area contributed by atoms with Gasteiger partial charge in [-0.3, -0.25) is 14.9 Å². The number of nitro groups is 1. The normalized spacial score (nSPS) is 12.4. The summed E-state index contributed by atoms with van der Waals surface area (Å²) in [5, 5.41) is 19.5. The third-order valence-electron chi connectivity index (χ3n) is 2.22. The molecule has 0 aromatic heterocycles. The van der Waals surface area contributed by atoms with Gasteiger partial charge in [0, 0.05) is 11.1 Å². The lowest BCUT2D eigenvalue weighted by atomic mass is 10.1. The predicted molar refractivity (Wildman–Crippen MR) is 70.2 cm³/mol. The van der Waals surface area contributed by atoms with Crippen LogP contribution < -0.4 is 0 Å². The number of carboxylic acids is 1. The average Bonchev–Trinajstić information content (AvgIpc) is 2.24. The Kier molecular flexibility index (Phi) is 4.98. The van der Waals surface area contributed by atoms with Crippen LogP contribution >= 0.6 is 23.4 Å². The fourth-order valence-electron chi connectivity index (χ4n) is 1.34. The minimum atomic E-state index is -0.996. The van der Waals surface area contributed by atoms with Gasteiger partial charge in [0.15, 0.2) is 0 Å². The van der Waals surface area contributed by atoms with Crippen molar-refractivity contribution in [1.82, 2.24) is 0 Å². The zero-order valence-electron chi connectivity index (χ0n) is 9.79. The summed E-state index contributed by atoms with van der Waals surface area (Å²) in [7, 11) is 0. The summed E-state index contributed by atoms with van der Waals surface area (Å²) in [4.78, 5) is 21.7. The SMILES string of the molecule is CC(C)C(Sc1cc(Cl)ccc1[N+](=O)[O-])C(=O)O.